The molecule has 1 amide bonds. The van der Waals surface area contributed by atoms with Crippen molar-refractivity contribution in [2.45, 2.75) is 38.3 Å². The third-order valence-corrected chi connectivity index (χ3v) is 7.13. The van der Waals surface area contributed by atoms with Gasteiger partial charge in [-0.1, -0.05) is 24.3 Å². The van der Waals surface area contributed by atoms with Crippen LogP contribution in [-0.2, 0) is 11.3 Å². The molecule has 1 saturated heterocycles. The number of fused-ring (bicyclic) bond motifs is 1. The molecule has 1 aliphatic carbocycles. The van der Waals surface area contributed by atoms with E-state index in [1.165, 1.54) is 12.4 Å². The van der Waals surface area contributed by atoms with Gasteiger partial charge in [0.05, 0.1) is 18.0 Å². The quantitative estimate of drug-likeness (QED) is 0.271. The van der Waals surface area contributed by atoms with Gasteiger partial charge in [0.2, 0.25) is 0 Å². The molecule has 2 aromatic carbocycles. The lowest BCUT2D eigenvalue weighted by Gasteiger charge is -2.24. The molecule has 0 spiro atoms. The number of anilines is 1. The number of nitrogens with zero attached hydrogens (tertiary/aromatic N) is 6. The van der Waals surface area contributed by atoms with Crippen LogP contribution in [0.4, 0.5) is 10.2 Å². The lowest BCUT2D eigenvalue weighted by molar-refractivity contribution is -0.127. The number of hydrogen-bond donors (Lipinski definition) is 1. The summed E-state index contributed by atoms with van der Waals surface area (Å²) in [6.45, 7) is 0.894. The maximum atomic E-state index is 15.4. The van der Waals surface area contributed by atoms with Crippen molar-refractivity contribution in [3.05, 3.63) is 72.3 Å². The average molecular weight is 524 g/mol. The summed E-state index contributed by atoms with van der Waals surface area (Å²) in [5, 5.41) is 14.7. The predicted molar refractivity (Wildman–Crippen MR) is 143 cm³/mol. The Morgan fingerprint density at radius 3 is 2.72 bits per heavy atom. The molecule has 10 heteroatoms. The van der Waals surface area contributed by atoms with Crippen LogP contribution >= 0.6 is 0 Å². The number of halogens is 1. The average Bonchev–Trinajstić information content (AvgIpc) is 3.52. The summed E-state index contributed by atoms with van der Waals surface area (Å²) in [7, 11) is 0. The van der Waals surface area contributed by atoms with Crippen LogP contribution in [-0.4, -0.2) is 43.1 Å². The first-order chi connectivity index (χ1) is 19.0. The van der Waals surface area contributed by atoms with Gasteiger partial charge in [-0.3, -0.25) is 4.79 Å². The number of nitrogen functional groups attached to an aromatic ring is 1. The number of carbonyl (C=O) groups excluding carboxylic acids is 1. The third-order valence-electron chi connectivity index (χ3n) is 7.13. The molecule has 2 N–H and O–H groups in total. The van der Waals surface area contributed by atoms with Gasteiger partial charge in [0.15, 0.2) is 5.65 Å². The van der Waals surface area contributed by atoms with Gasteiger partial charge in [0.1, 0.15) is 46.8 Å². The summed E-state index contributed by atoms with van der Waals surface area (Å²) in [4.78, 5) is 23.4. The van der Waals surface area contributed by atoms with E-state index in [0.29, 0.717) is 47.2 Å². The van der Waals surface area contributed by atoms with E-state index in [0.717, 1.165) is 25.7 Å². The molecule has 1 aliphatic heterocycles. The summed E-state index contributed by atoms with van der Waals surface area (Å²) < 4.78 is 22.8. The van der Waals surface area contributed by atoms with Crippen LogP contribution in [0.2, 0.25) is 0 Å². The SMILES string of the molecule is N#C/C(=C/C1CC1)C(=O)N1CCC[C@H]1Cn1nc(-c2ccc(Oc3ccccc3)cc2F)c2c(N)ncnc21. The first-order valence-corrected chi connectivity index (χ1v) is 12.9. The van der Waals surface area contributed by atoms with Crippen LogP contribution in [0.25, 0.3) is 22.3 Å². The zero-order chi connectivity index (χ0) is 26.9. The van der Waals surface area contributed by atoms with Crippen molar-refractivity contribution < 1.29 is 13.9 Å². The van der Waals surface area contributed by atoms with Crippen molar-refractivity contribution in [3.63, 3.8) is 0 Å². The van der Waals surface area contributed by atoms with Crippen molar-refractivity contribution >= 4 is 22.8 Å². The monoisotopic (exact) mass is 523 g/mol. The van der Waals surface area contributed by atoms with Gasteiger partial charge in [-0.15, -0.1) is 0 Å². The van der Waals surface area contributed by atoms with Gasteiger partial charge in [-0.05, 0) is 55.9 Å². The number of hydrogen-bond acceptors (Lipinski definition) is 7. The van der Waals surface area contributed by atoms with Gasteiger partial charge in [0, 0.05) is 18.2 Å². The highest BCUT2D eigenvalue weighted by Crippen LogP contribution is 2.35. The van der Waals surface area contributed by atoms with E-state index >= 15 is 4.39 Å². The molecule has 4 aromatic rings. The number of para-hydroxylation sites is 1. The number of allylic oxidation sites excluding steroid dienone is 1. The van der Waals surface area contributed by atoms with E-state index in [9.17, 15) is 10.1 Å². The number of rotatable bonds is 7. The third kappa shape index (κ3) is 4.91. The molecule has 39 heavy (non-hydrogen) atoms. The highest BCUT2D eigenvalue weighted by Gasteiger charge is 2.33. The number of amides is 1. The smallest absolute Gasteiger partial charge is 0.264 e. The van der Waals surface area contributed by atoms with Gasteiger partial charge >= 0.3 is 0 Å². The van der Waals surface area contributed by atoms with Crippen molar-refractivity contribution in [3.8, 4) is 28.8 Å². The zero-order valence-corrected chi connectivity index (χ0v) is 21.1. The molecule has 0 bridgehead atoms. The van der Waals surface area contributed by atoms with E-state index in [4.69, 9.17) is 15.6 Å². The van der Waals surface area contributed by atoms with E-state index in [1.54, 1.807) is 39.9 Å². The summed E-state index contributed by atoms with van der Waals surface area (Å²) in [6.07, 6.45) is 6.74. The van der Waals surface area contributed by atoms with Crippen LogP contribution in [0.1, 0.15) is 25.7 Å². The Balaban J connectivity index is 1.32. The first-order valence-electron chi connectivity index (χ1n) is 12.9. The van der Waals surface area contributed by atoms with E-state index < -0.39 is 5.82 Å². The standard InChI is InChI=1S/C29H26FN7O2/c30-24-14-22(39-21-6-2-1-3-7-21)10-11-23(24)26-25-27(32)33-17-34-28(25)37(35-26)16-20-5-4-12-36(20)29(38)19(15-31)13-18-8-9-18/h1-3,6-7,10-11,13-14,17-18,20H,4-5,8-9,12,16H2,(H2,32,33,34)/b19-13-/t20-/m0/s1. The van der Waals surface area contributed by atoms with Gasteiger partial charge in [-0.2, -0.15) is 10.4 Å². The highest BCUT2D eigenvalue weighted by molar-refractivity contribution is 5.99. The molecular weight excluding hydrogens is 497 g/mol. The second kappa shape index (κ2) is 10.2. The van der Waals surface area contributed by atoms with Gasteiger partial charge in [-0.25, -0.2) is 19.0 Å². The minimum atomic E-state index is -0.528. The number of aromatic nitrogens is 4. The molecule has 2 aromatic heterocycles. The minimum Gasteiger partial charge on any atom is -0.457 e. The Hall–Kier alpha value is -4.78. The molecule has 9 nitrogen and oxygen atoms in total. The number of nitriles is 1. The molecule has 2 aliphatic rings. The van der Waals surface area contributed by atoms with Crippen molar-refractivity contribution in [1.82, 2.24) is 24.6 Å². The first kappa shape index (κ1) is 24.6. The van der Waals surface area contributed by atoms with Crippen LogP contribution in [0.15, 0.2) is 66.5 Å². The molecule has 2 fully saturated rings. The molecule has 3 heterocycles. The number of carbonyl (C=O) groups is 1. The number of nitrogens with two attached hydrogens (primary N) is 1. The largest absolute Gasteiger partial charge is 0.457 e. The van der Waals surface area contributed by atoms with Crippen molar-refractivity contribution in [1.29, 1.82) is 5.26 Å². The molecule has 196 valence electrons. The lowest BCUT2D eigenvalue weighted by atomic mass is 10.1. The fourth-order valence-electron chi connectivity index (χ4n) is 5.02. The number of benzene rings is 2. The van der Waals surface area contributed by atoms with Gasteiger partial charge in [0.25, 0.3) is 5.91 Å². The van der Waals surface area contributed by atoms with Crippen LogP contribution in [0.3, 0.4) is 0 Å². The van der Waals surface area contributed by atoms with Crippen LogP contribution < -0.4 is 10.5 Å². The second-order valence-electron chi connectivity index (χ2n) is 9.87. The summed E-state index contributed by atoms with van der Waals surface area (Å²) in [5.41, 5.74) is 7.42. The van der Waals surface area contributed by atoms with Gasteiger partial charge < -0.3 is 15.4 Å². The normalized spacial score (nSPS) is 17.4. The molecule has 1 saturated carbocycles. The summed E-state index contributed by atoms with van der Waals surface area (Å²) in [5.74, 6) is 0.671. The topological polar surface area (TPSA) is 123 Å². The van der Waals surface area contributed by atoms with Crippen molar-refractivity contribution in [2.75, 3.05) is 12.3 Å². The van der Waals surface area contributed by atoms with Crippen molar-refractivity contribution in [2.24, 2.45) is 5.92 Å². The Morgan fingerprint density at radius 1 is 1.15 bits per heavy atom. The van der Waals surface area contributed by atoms with E-state index in [2.05, 4.69) is 16.0 Å². The molecule has 0 unspecified atom stereocenters. The highest BCUT2D eigenvalue weighted by atomic mass is 19.1. The Bertz CT molecular complexity index is 1620. The number of likely N-dealkylation sites (tertiary alicyclic amines) is 1. The Kier molecular flexibility index (Phi) is 6.40. The van der Waals surface area contributed by atoms with Crippen LogP contribution in [0.5, 0.6) is 11.5 Å². The minimum absolute atomic E-state index is 0.184. The predicted octanol–water partition coefficient (Wildman–Crippen LogP) is 4.86. The molecule has 6 rings (SSSR count). The molecule has 0 radical (unpaired) electrons. The second-order valence-corrected chi connectivity index (χ2v) is 9.87. The fourth-order valence-corrected chi connectivity index (χ4v) is 5.02. The zero-order valence-electron chi connectivity index (χ0n) is 21.1. The summed E-state index contributed by atoms with van der Waals surface area (Å²) in [6, 6.07) is 15.6. The summed E-state index contributed by atoms with van der Waals surface area (Å²) >= 11 is 0. The maximum Gasteiger partial charge on any atom is 0.264 e. The Labute approximate surface area is 224 Å². The lowest BCUT2D eigenvalue weighted by Crippen LogP contribution is -2.39. The van der Waals surface area contributed by atoms with E-state index in [1.807, 2.05) is 18.2 Å². The number of ether oxygens (including phenoxy) is 1. The Morgan fingerprint density at radius 2 is 1.97 bits per heavy atom. The van der Waals surface area contributed by atoms with Crippen LogP contribution in [0, 0.1) is 23.1 Å². The van der Waals surface area contributed by atoms with E-state index in [-0.39, 0.29) is 28.9 Å². The molecule has 1 atom stereocenters. The molecular formula is C29H26FN7O2. The maximum absolute atomic E-state index is 15.4. The fraction of sp³-hybridized carbons (Fsp3) is 0.276.